The van der Waals surface area contributed by atoms with Crippen molar-refractivity contribution in [3.8, 4) is 22.3 Å². The second-order valence-corrected chi connectivity index (χ2v) is 12.5. The van der Waals surface area contributed by atoms with Gasteiger partial charge in [0.15, 0.2) is 11.6 Å². The van der Waals surface area contributed by atoms with E-state index in [4.69, 9.17) is 0 Å². The van der Waals surface area contributed by atoms with E-state index in [1.807, 2.05) is 13.0 Å². The van der Waals surface area contributed by atoms with Gasteiger partial charge in [-0.15, -0.1) is 0 Å². The summed E-state index contributed by atoms with van der Waals surface area (Å²) in [7, 11) is 0. The molecule has 0 heterocycles. The summed E-state index contributed by atoms with van der Waals surface area (Å²) < 4.78 is 44.6. The summed E-state index contributed by atoms with van der Waals surface area (Å²) in [6.07, 6.45) is 18.7. The average Bonchev–Trinajstić information content (AvgIpc) is 3.00. The van der Waals surface area contributed by atoms with Crippen LogP contribution in [0.15, 0.2) is 66.7 Å². The van der Waals surface area contributed by atoms with E-state index in [1.54, 1.807) is 42.5 Å². The van der Waals surface area contributed by atoms with Crippen molar-refractivity contribution >= 4 is 0 Å². The maximum absolute atomic E-state index is 15.3. The molecule has 0 nitrogen and oxygen atoms in total. The van der Waals surface area contributed by atoms with Gasteiger partial charge in [0, 0.05) is 11.1 Å². The smallest absolute Gasteiger partial charge is 0.166 e. The molecule has 0 bridgehead atoms. The van der Waals surface area contributed by atoms with E-state index in [-0.39, 0.29) is 11.4 Å². The lowest BCUT2D eigenvalue weighted by Gasteiger charge is -2.38. The average molecular weight is 559 g/mol. The molecule has 0 atom stereocenters. The van der Waals surface area contributed by atoms with Gasteiger partial charge < -0.3 is 0 Å². The van der Waals surface area contributed by atoms with E-state index >= 15 is 4.39 Å². The quantitative estimate of drug-likeness (QED) is 0.229. The molecule has 0 radical (unpaired) electrons. The van der Waals surface area contributed by atoms with Gasteiger partial charge in [0.05, 0.1) is 0 Å². The number of benzene rings is 3. The van der Waals surface area contributed by atoms with Gasteiger partial charge in [0.25, 0.3) is 0 Å². The first-order valence-electron chi connectivity index (χ1n) is 16.0. The molecule has 3 aromatic rings. The highest BCUT2D eigenvalue weighted by Crippen LogP contribution is 2.45. The summed E-state index contributed by atoms with van der Waals surface area (Å²) in [5.74, 6) is 1.27. The highest BCUT2D eigenvalue weighted by atomic mass is 19.2. The van der Waals surface area contributed by atoms with Gasteiger partial charge >= 0.3 is 0 Å². The van der Waals surface area contributed by atoms with Gasteiger partial charge in [-0.2, -0.15) is 0 Å². The third-order valence-electron chi connectivity index (χ3n) is 9.96. The molecule has 2 fully saturated rings. The van der Waals surface area contributed by atoms with Crippen LogP contribution in [0.5, 0.6) is 0 Å². The molecule has 2 aliphatic carbocycles. The molecule has 3 heteroatoms. The first-order valence-corrected chi connectivity index (χ1v) is 16.0. The van der Waals surface area contributed by atoms with Crippen LogP contribution in [0.4, 0.5) is 13.2 Å². The zero-order valence-corrected chi connectivity index (χ0v) is 24.8. The molecule has 0 aliphatic heterocycles. The topological polar surface area (TPSA) is 0 Å². The Balaban J connectivity index is 1.18. The Labute approximate surface area is 245 Å². The third-order valence-corrected chi connectivity index (χ3v) is 9.96. The summed E-state index contributed by atoms with van der Waals surface area (Å²) >= 11 is 0. The van der Waals surface area contributed by atoms with Crippen molar-refractivity contribution in [2.24, 2.45) is 17.8 Å². The van der Waals surface area contributed by atoms with Gasteiger partial charge in [-0.1, -0.05) is 86.9 Å². The standard InChI is InChI=1S/C38H45F3/c1-3-5-6-8-26-9-11-27(12-10-26)28-13-15-29(16-14-28)33-22-23-34(36(39)25-33)30-17-19-31(20-18-30)35-24-21-32(7-4-2)37(40)38(35)41/h3,5,17-29H,4,6-16H2,1-2H3. The molecule has 0 spiro atoms. The maximum Gasteiger partial charge on any atom is 0.166 e. The van der Waals surface area contributed by atoms with Crippen molar-refractivity contribution in [3.05, 3.63) is 95.3 Å². The molecule has 0 saturated heterocycles. The molecule has 2 saturated carbocycles. The summed E-state index contributed by atoms with van der Waals surface area (Å²) in [5.41, 5.74) is 3.62. The lowest BCUT2D eigenvalue weighted by atomic mass is 9.68. The van der Waals surface area contributed by atoms with Crippen molar-refractivity contribution in [2.75, 3.05) is 0 Å². The predicted octanol–water partition coefficient (Wildman–Crippen LogP) is 11.8. The van der Waals surface area contributed by atoms with Crippen LogP contribution >= 0.6 is 0 Å². The highest BCUT2D eigenvalue weighted by Gasteiger charge is 2.31. The van der Waals surface area contributed by atoms with Crippen LogP contribution in [0.1, 0.15) is 102 Å². The minimum Gasteiger partial charge on any atom is -0.206 e. The van der Waals surface area contributed by atoms with Crippen LogP contribution in [-0.2, 0) is 6.42 Å². The molecule has 2 aliphatic rings. The van der Waals surface area contributed by atoms with Crippen molar-refractivity contribution in [1.29, 1.82) is 0 Å². The summed E-state index contributed by atoms with van der Waals surface area (Å²) in [4.78, 5) is 0. The normalized spacial score (nSPS) is 23.2. The Bertz CT molecular complexity index is 1310. The molecule has 0 N–H and O–H groups in total. The second kappa shape index (κ2) is 13.9. The number of halogens is 3. The van der Waals surface area contributed by atoms with Crippen molar-refractivity contribution in [1.82, 2.24) is 0 Å². The van der Waals surface area contributed by atoms with Gasteiger partial charge in [0.2, 0.25) is 0 Å². The zero-order chi connectivity index (χ0) is 28.8. The molecular weight excluding hydrogens is 513 g/mol. The first kappa shape index (κ1) is 29.7. The summed E-state index contributed by atoms with van der Waals surface area (Å²) in [6.45, 7) is 4.05. The monoisotopic (exact) mass is 558 g/mol. The lowest BCUT2D eigenvalue weighted by molar-refractivity contribution is 0.157. The molecular formula is C38H45F3. The van der Waals surface area contributed by atoms with Crippen LogP contribution in [0, 0.1) is 35.2 Å². The molecule has 5 rings (SSSR count). The van der Waals surface area contributed by atoms with Gasteiger partial charge in [-0.05, 0) is 117 Å². The Morgan fingerprint density at radius 1 is 0.707 bits per heavy atom. The highest BCUT2D eigenvalue weighted by molar-refractivity contribution is 5.71. The number of hydrogen-bond acceptors (Lipinski definition) is 0. The predicted molar refractivity (Wildman–Crippen MR) is 165 cm³/mol. The Morgan fingerprint density at radius 3 is 1.93 bits per heavy atom. The number of allylic oxidation sites excluding steroid dienone is 2. The fourth-order valence-corrected chi connectivity index (χ4v) is 7.49. The minimum atomic E-state index is -0.818. The van der Waals surface area contributed by atoms with E-state index in [9.17, 15) is 8.78 Å². The molecule has 218 valence electrons. The van der Waals surface area contributed by atoms with Crippen LogP contribution in [0.3, 0.4) is 0 Å². The van der Waals surface area contributed by atoms with Crippen molar-refractivity contribution in [3.63, 3.8) is 0 Å². The number of rotatable bonds is 9. The van der Waals surface area contributed by atoms with Crippen LogP contribution in [0.25, 0.3) is 22.3 Å². The van der Waals surface area contributed by atoms with Crippen molar-refractivity contribution < 1.29 is 13.2 Å². The number of aryl methyl sites for hydroxylation is 1. The maximum atomic E-state index is 15.3. The minimum absolute atomic E-state index is 0.213. The van der Waals surface area contributed by atoms with E-state index in [0.717, 1.165) is 48.1 Å². The fraction of sp³-hybridized carbons (Fsp3) is 0.474. The second-order valence-electron chi connectivity index (χ2n) is 12.5. The Kier molecular flexibility index (Phi) is 10.1. The van der Waals surface area contributed by atoms with Gasteiger partial charge in [0.1, 0.15) is 5.82 Å². The van der Waals surface area contributed by atoms with Crippen LogP contribution in [0.2, 0.25) is 0 Å². The van der Waals surface area contributed by atoms with E-state index in [2.05, 4.69) is 25.1 Å². The van der Waals surface area contributed by atoms with Crippen molar-refractivity contribution in [2.45, 2.75) is 96.8 Å². The van der Waals surface area contributed by atoms with Crippen LogP contribution in [-0.4, -0.2) is 0 Å². The van der Waals surface area contributed by atoms with E-state index < -0.39 is 11.6 Å². The fourth-order valence-electron chi connectivity index (χ4n) is 7.49. The van der Waals surface area contributed by atoms with Gasteiger partial charge in [-0.25, -0.2) is 13.2 Å². The summed E-state index contributed by atoms with van der Waals surface area (Å²) in [6, 6.07) is 16.1. The van der Waals surface area contributed by atoms with E-state index in [1.165, 1.54) is 51.4 Å². The molecule has 3 aromatic carbocycles. The summed E-state index contributed by atoms with van der Waals surface area (Å²) in [5, 5.41) is 0. The third kappa shape index (κ3) is 6.99. The Morgan fingerprint density at radius 2 is 1.32 bits per heavy atom. The van der Waals surface area contributed by atoms with E-state index in [0.29, 0.717) is 29.0 Å². The molecule has 0 aromatic heterocycles. The van der Waals surface area contributed by atoms with Crippen LogP contribution < -0.4 is 0 Å². The molecule has 0 amide bonds. The number of hydrogen-bond donors (Lipinski definition) is 0. The first-order chi connectivity index (χ1) is 20.0. The SMILES string of the molecule is CC=CCCC1CCC(C2CCC(c3ccc(-c4ccc(-c5ccc(CCC)c(F)c5F)cc4)c(F)c3)CC2)CC1. The Hall–Kier alpha value is -2.81. The zero-order valence-electron chi connectivity index (χ0n) is 24.8. The lowest BCUT2D eigenvalue weighted by Crippen LogP contribution is -2.25. The largest absolute Gasteiger partial charge is 0.206 e. The molecule has 0 unspecified atom stereocenters. The molecule has 41 heavy (non-hydrogen) atoms. The van der Waals surface area contributed by atoms with Gasteiger partial charge in [-0.3, -0.25) is 0 Å².